The average molecular weight is 316 g/mol. The van der Waals surface area contributed by atoms with Crippen molar-refractivity contribution in [1.82, 2.24) is 9.97 Å². The van der Waals surface area contributed by atoms with Gasteiger partial charge in [-0.25, -0.2) is 9.97 Å². The summed E-state index contributed by atoms with van der Waals surface area (Å²) in [7, 11) is 0. The monoisotopic (exact) mass is 315 g/mol. The smallest absolute Gasteiger partial charge is 0.231 e. The molecule has 3 heterocycles. The van der Waals surface area contributed by atoms with Crippen LogP contribution in [0.5, 0.6) is 0 Å². The highest BCUT2D eigenvalue weighted by Crippen LogP contribution is 2.36. The number of fused-ring (bicyclic) bond motifs is 1. The zero-order chi connectivity index (χ0) is 14.9. The standard InChI is InChI=1S/C16H14ClN3O2/c17-12-3-1-2-11(8-12)13-9-22-16-14(13)15(18-10-19-16)20-4-6-21-7-5-20/h1-3,8-10H,4-7H2. The van der Waals surface area contributed by atoms with Crippen LogP contribution in [0.2, 0.25) is 5.02 Å². The van der Waals surface area contributed by atoms with E-state index >= 15 is 0 Å². The molecule has 0 atom stereocenters. The van der Waals surface area contributed by atoms with Gasteiger partial charge in [0.25, 0.3) is 0 Å². The number of rotatable bonds is 2. The van der Waals surface area contributed by atoms with Crippen LogP contribution in [-0.2, 0) is 4.74 Å². The number of hydrogen-bond acceptors (Lipinski definition) is 5. The van der Waals surface area contributed by atoms with Crippen LogP contribution in [0.15, 0.2) is 41.3 Å². The van der Waals surface area contributed by atoms with Gasteiger partial charge in [-0.3, -0.25) is 0 Å². The number of furan rings is 1. The van der Waals surface area contributed by atoms with E-state index in [9.17, 15) is 0 Å². The minimum atomic E-state index is 0.589. The van der Waals surface area contributed by atoms with E-state index in [0.717, 1.165) is 35.4 Å². The van der Waals surface area contributed by atoms with Crippen molar-refractivity contribution in [2.45, 2.75) is 0 Å². The normalized spacial score (nSPS) is 15.4. The minimum absolute atomic E-state index is 0.589. The fraction of sp³-hybridized carbons (Fsp3) is 0.250. The predicted octanol–water partition coefficient (Wildman–Crippen LogP) is 3.38. The lowest BCUT2D eigenvalue weighted by atomic mass is 10.1. The average Bonchev–Trinajstić information content (AvgIpc) is 3.00. The summed E-state index contributed by atoms with van der Waals surface area (Å²) in [6.07, 6.45) is 3.26. The Kier molecular flexibility index (Phi) is 3.44. The third-order valence-electron chi connectivity index (χ3n) is 3.80. The van der Waals surface area contributed by atoms with Gasteiger partial charge in [0.15, 0.2) is 0 Å². The van der Waals surface area contributed by atoms with Crippen molar-refractivity contribution in [1.29, 1.82) is 0 Å². The molecular formula is C16H14ClN3O2. The van der Waals surface area contributed by atoms with Crippen molar-refractivity contribution >= 4 is 28.5 Å². The summed E-state index contributed by atoms with van der Waals surface area (Å²) in [4.78, 5) is 10.9. The number of morpholine rings is 1. The Morgan fingerprint density at radius 2 is 2.00 bits per heavy atom. The molecule has 6 heteroatoms. The first-order valence-corrected chi connectivity index (χ1v) is 7.51. The first kappa shape index (κ1) is 13.5. The van der Waals surface area contributed by atoms with Gasteiger partial charge in [0.2, 0.25) is 5.71 Å². The van der Waals surface area contributed by atoms with Gasteiger partial charge in [0, 0.05) is 23.7 Å². The highest BCUT2D eigenvalue weighted by Gasteiger charge is 2.20. The molecule has 22 heavy (non-hydrogen) atoms. The molecule has 0 radical (unpaired) electrons. The van der Waals surface area contributed by atoms with Gasteiger partial charge < -0.3 is 14.1 Å². The first-order valence-electron chi connectivity index (χ1n) is 7.14. The Bertz CT molecular complexity index is 812. The Hall–Kier alpha value is -2.11. The van der Waals surface area contributed by atoms with E-state index in [0.29, 0.717) is 23.9 Å². The van der Waals surface area contributed by atoms with E-state index in [-0.39, 0.29) is 0 Å². The lowest BCUT2D eigenvalue weighted by Crippen LogP contribution is -2.36. The van der Waals surface area contributed by atoms with Crippen LogP contribution in [0.1, 0.15) is 0 Å². The molecule has 2 aromatic heterocycles. The maximum absolute atomic E-state index is 6.11. The molecule has 1 aromatic carbocycles. The predicted molar refractivity (Wildman–Crippen MR) is 85.3 cm³/mol. The van der Waals surface area contributed by atoms with E-state index in [1.165, 1.54) is 0 Å². The lowest BCUT2D eigenvalue weighted by molar-refractivity contribution is 0.122. The number of aromatic nitrogens is 2. The molecule has 1 saturated heterocycles. The number of hydrogen-bond donors (Lipinski definition) is 0. The molecule has 1 aliphatic rings. The van der Waals surface area contributed by atoms with Crippen LogP contribution in [0.3, 0.4) is 0 Å². The molecule has 0 aliphatic carbocycles. The van der Waals surface area contributed by atoms with Crippen LogP contribution in [0, 0.1) is 0 Å². The van der Waals surface area contributed by atoms with Gasteiger partial charge >= 0.3 is 0 Å². The van der Waals surface area contributed by atoms with Gasteiger partial charge in [0.05, 0.1) is 18.6 Å². The van der Waals surface area contributed by atoms with Crippen LogP contribution >= 0.6 is 11.6 Å². The molecule has 0 unspecified atom stereocenters. The Labute approximate surface area is 132 Å². The SMILES string of the molecule is Clc1cccc(-c2coc3ncnc(N4CCOCC4)c23)c1. The van der Waals surface area contributed by atoms with E-state index in [2.05, 4.69) is 14.9 Å². The third kappa shape index (κ3) is 2.32. The second kappa shape index (κ2) is 5.59. The molecule has 0 saturated carbocycles. The number of nitrogens with zero attached hydrogens (tertiary/aromatic N) is 3. The summed E-state index contributed by atoms with van der Waals surface area (Å²) in [6.45, 7) is 3.03. The zero-order valence-electron chi connectivity index (χ0n) is 11.8. The van der Waals surface area contributed by atoms with E-state index in [1.54, 1.807) is 12.6 Å². The molecular weight excluding hydrogens is 302 g/mol. The molecule has 0 N–H and O–H groups in total. The Balaban J connectivity index is 1.89. The van der Waals surface area contributed by atoms with Crippen molar-refractivity contribution in [3.63, 3.8) is 0 Å². The van der Waals surface area contributed by atoms with Crippen LogP contribution in [-0.4, -0.2) is 36.3 Å². The van der Waals surface area contributed by atoms with Crippen molar-refractivity contribution in [3.05, 3.63) is 41.9 Å². The van der Waals surface area contributed by atoms with Gasteiger partial charge in [-0.2, -0.15) is 0 Å². The summed E-state index contributed by atoms with van der Waals surface area (Å²) in [5.41, 5.74) is 2.54. The number of benzene rings is 1. The second-order valence-electron chi connectivity index (χ2n) is 5.14. The van der Waals surface area contributed by atoms with E-state index in [4.69, 9.17) is 20.8 Å². The van der Waals surface area contributed by atoms with Crippen molar-refractivity contribution in [3.8, 4) is 11.1 Å². The maximum atomic E-state index is 6.11. The zero-order valence-corrected chi connectivity index (χ0v) is 12.6. The highest BCUT2D eigenvalue weighted by molar-refractivity contribution is 6.30. The molecule has 5 nitrogen and oxygen atoms in total. The van der Waals surface area contributed by atoms with Crippen molar-refractivity contribution < 1.29 is 9.15 Å². The quantitative estimate of drug-likeness (QED) is 0.725. The lowest BCUT2D eigenvalue weighted by Gasteiger charge is -2.28. The molecule has 4 rings (SSSR count). The summed E-state index contributed by atoms with van der Waals surface area (Å²) >= 11 is 6.11. The van der Waals surface area contributed by atoms with Crippen LogP contribution in [0.4, 0.5) is 5.82 Å². The Morgan fingerprint density at radius 1 is 1.14 bits per heavy atom. The van der Waals surface area contributed by atoms with Gasteiger partial charge in [0.1, 0.15) is 18.4 Å². The van der Waals surface area contributed by atoms with Crippen LogP contribution < -0.4 is 4.90 Å². The van der Waals surface area contributed by atoms with Gasteiger partial charge in [-0.05, 0) is 17.7 Å². The van der Waals surface area contributed by atoms with Crippen molar-refractivity contribution in [2.24, 2.45) is 0 Å². The molecule has 3 aromatic rings. The fourth-order valence-corrected chi connectivity index (χ4v) is 2.93. The van der Waals surface area contributed by atoms with Gasteiger partial charge in [-0.15, -0.1) is 0 Å². The maximum Gasteiger partial charge on any atom is 0.231 e. The summed E-state index contributed by atoms with van der Waals surface area (Å²) in [5, 5.41) is 1.61. The van der Waals surface area contributed by atoms with Crippen molar-refractivity contribution in [2.75, 3.05) is 31.2 Å². The largest absolute Gasteiger partial charge is 0.445 e. The summed E-state index contributed by atoms with van der Waals surface area (Å²) in [6, 6.07) is 7.70. The third-order valence-corrected chi connectivity index (χ3v) is 4.03. The van der Waals surface area contributed by atoms with E-state index in [1.807, 2.05) is 24.3 Å². The van der Waals surface area contributed by atoms with E-state index < -0.39 is 0 Å². The fourth-order valence-electron chi connectivity index (χ4n) is 2.74. The molecule has 112 valence electrons. The first-order chi connectivity index (χ1) is 10.8. The number of halogens is 1. The molecule has 1 fully saturated rings. The molecule has 1 aliphatic heterocycles. The highest BCUT2D eigenvalue weighted by atomic mass is 35.5. The minimum Gasteiger partial charge on any atom is -0.445 e. The number of anilines is 1. The Morgan fingerprint density at radius 3 is 2.82 bits per heavy atom. The molecule has 0 amide bonds. The van der Waals surface area contributed by atoms with Crippen LogP contribution in [0.25, 0.3) is 22.2 Å². The topological polar surface area (TPSA) is 51.4 Å². The summed E-state index contributed by atoms with van der Waals surface area (Å²) < 4.78 is 11.0. The molecule has 0 bridgehead atoms. The number of ether oxygens (including phenoxy) is 1. The summed E-state index contributed by atoms with van der Waals surface area (Å²) in [5.74, 6) is 0.886. The second-order valence-corrected chi connectivity index (χ2v) is 5.57. The molecule has 0 spiro atoms. The van der Waals surface area contributed by atoms with Gasteiger partial charge in [-0.1, -0.05) is 23.7 Å².